The fourth-order valence-corrected chi connectivity index (χ4v) is 2.06. The molecule has 0 saturated carbocycles. The van der Waals surface area contributed by atoms with E-state index in [2.05, 4.69) is 20.9 Å². The number of nitrogens with zero attached hydrogens (tertiary/aromatic N) is 2. The summed E-state index contributed by atoms with van der Waals surface area (Å²) < 4.78 is 10.6. The summed E-state index contributed by atoms with van der Waals surface area (Å²) in [5.41, 5.74) is 1.46. The first-order chi connectivity index (χ1) is 10.1. The Hall–Kier alpha value is -2.15. The van der Waals surface area contributed by atoms with Gasteiger partial charge in [-0.2, -0.15) is 0 Å². The van der Waals surface area contributed by atoms with E-state index >= 15 is 0 Å². The highest BCUT2D eigenvalue weighted by Gasteiger charge is 2.15. The highest BCUT2D eigenvalue weighted by Crippen LogP contribution is 2.29. The summed E-state index contributed by atoms with van der Waals surface area (Å²) in [6, 6.07) is 10.0. The lowest BCUT2D eigenvalue weighted by Crippen LogP contribution is -2.02. The molecule has 110 valence electrons. The zero-order valence-corrected chi connectivity index (χ0v) is 12.9. The van der Waals surface area contributed by atoms with Crippen LogP contribution >= 0.6 is 15.9 Å². The lowest BCUT2D eigenvalue weighted by molar-refractivity contribution is -0.386. The number of ether oxygens (including phenoxy) is 2. The van der Waals surface area contributed by atoms with Crippen molar-refractivity contribution in [2.75, 3.05) is 7.11 Å². The third-order valence-corrected chi connectivity index (χ3v) is 3.39. The molecule has 0 aliphatic heterocycles. The van der Waals surface area contributed by atoms with Crippen LogP contribution in [0.25, 0.3) is 0 Å². The average Bonchev–Trinajstić information content (AvgIpc) is 2.52. The summed E-state index contributed by atoms with van der Waals surface area (Å²) in [5, 5.41) is 11.6. The summed E-state index contributed by atoms with van der Waals surface area (Å²) >= 11 is 3.31. The SMILES string of the molecule is COc1cccc(COc2cc(CBr)ccc2[N+](=O)[O-])n1. The van der Waals surface area contributed by atoms with Crippen LogP contribution in [0, 0.1) is 10.1 Å². The van der Waals surface area contributed by atoms with Crippen molar-refractivity contribution < 1.29 is 14.4 Å². The Morgan fingerprint density at radius 3 is 2.81 bits per heavy atom. The normalized spacial score (nSPS) is 10.2. The molecule has 0 saturated heterocycles. The average molecular weight is 353 g/mol. The van der Waals surface area contributed by atoms with E-state index < -0.39 is 4.92 Å². The maximum absolute atomic E-state index is 11.0. The first-order valence-corrected chi connectivity index (χ1v) is 7.22. The topological polar surface area (TPSA) is 74.5 Å². The third-order valence-electron chi connectivity index (χ3n) is 2.74. The van der Waals surface area contributed by atoms with Crippen molar-refractivity contribution in [2.45, 2.75) is 11.9 Å². The Bertz CT molecular complexity index is 649. The zero-order valence-electron chi connectivity index (χ0n) is 11.3. The molecule has 0 unspecified atom stereocenters. The number of methoxy groups -OCH3 is 1. The third kappa shape index (κ3) is 3.91. The molecule has 0 aliphatic rings. The summed E-state index contributed by atoms with van der Waals surface area (Å²) in [5.74, 6) is 0.696. The number of rotatable bonds is 6. The molecule has 1 aromatic carbocycles. The van der Waals surface area contributed by atoms with Crippen LogP contribution in [0.4, 0.5) is 5.69 Å². The first-order valence-electron chi connectivity index (χ1n) is 6.10. The highest BCUT2D eigenvalue weighted by molar-refractivity contribution is 9.08. The van der Waals surface area contributed by atoms with Crippen molar-refractivity contribution in [3.8, 4) is 11.6 Å². The van der Waals surface area contributed by atoms with Gasteiger partial charge >= 0.3 is 5.69 Å². The number of benzene rings is 1. The molecule has 0 bridgehead atoms. The van der Waals surface area contributed by atoms with E-state index in [9.17, 15) is 10.1 Å². The van der Waals surface area contributed by atoms with E-state index in [0.29, 0.717) is 16.9 Å². The predicted molar refractivity (Wildman–Crippen MR) is 80.8 cm³/mol. The van der Waals surface area contributed by atoms with Crippen LogP contribution in [-0.2, 0) is 11.9 Å². The van der Waals surface area contributed by atoms with Crippen molar-refractivity contribution in [3.05, 3.63) is 57.8 Å². The van der Waals surface area contributed by atoms with Crippen LogP contribution in [0.3, 0.4) is 0 Å². The smallest absolute Gasteiger partial charge is 0.310 e. The standard InChI is InChI=1S/C14H13BrN2O4/c1-20-14-4-2-3-11(16-14)9-21-13-7-10(8-15)5-6-12(13)17(18)19/h2-7H,8-9H2,1H3. The lowest BCUT2D eigenvalue weighted by atomic mass is 10.2. The molecule has 0 amide bonds. The second-order valence-corrected chi connectivity index (χ2v) is 4.71. The molecule has 1 heterocycles. The summed E-state index contributed by atoms with van der Waals surface area (Å²) in [4.78, 5) is 14.7. The monoisotopic (exact) mass is 352 g/mol. The number of halogens is 1. The molecule has 21 heavy (non-hydrogen) atoms. The number of hydrogen-bond donors (Lipinski definition) is 0. The van der Waals surface area contributed by atoms with E-state index in [0.717, 1.165) is 5.56 Å². The van der Waals surface area contributed by atoms with E-state index in [1.165, 1.54) is 13.2 Å². The van der Waals surface area contributed by atoms with Crippen molar-refractivity contribution in [3.63, 3.8) is 0 Å². The van der Waals surface area contributed by atoms with Gasteiger partial charge < -0.3 is 9.47 Å². The van der Waals surface area contributed by atoms with Gasteiger partial charge in [-0.1, -0.05) is 28.1 Å². The van der Waals surface area contributed by atoms with Gasteiger partial charge in [-0.15, -0.1) is 0 Å². The minimum atomic E-state index is -0.466. The minimum absolute atomic E-state index is 0.0670. The maximum atomic E-state index is 11.0. The molecule has 0 aliphatic carbocycles. The van der Waals surface area contributed by atoms with Gasteiger partial charge in [0.15, 0.2) is 5.75 Å². The lowest BCUT2D eigenvalue weighted by Gasteiger charge is -2.08. The van der Waals surface area contributed by atoms with Crippen LogP contribution in [0.1, 0.15) is 11.3 Å². The van der Waals surface area contributed by atoms with Crippen molar-refractivity contribution in [2.24, 2.45) is 0 Å². The molecule has 6 nitrogen and oxygen atoms in total. The molecular weight excluding hydrogens is 340 g/mol. The van der Waals surface area contributed by atoms with Crippen LogP contribution in [0.5, 0.6) is 11.6 Å². The second kappa shape index (κ2) is 7.03. The Morgan fingerprint density at radius 2 is 2.14 bits per heavy atom. The Morgan fingerprint density at radius 1 is 1.33 bits per heavy atom. The summed E-state index contributed by atoms with van der Waals surface area (Å²) in [6.45, 7) is 0.129. The molecule has 0 N–H and O–H groups in total. The number of pyridine rings is 1. The molecule has 1 aromatic heterocycles. The van der Waals surface area contributed by atoms with E-state index in [1.807, 2.05) is 0 Å². The predicted octanol–water partition coefficient (Wildman–Crippen LogP) is 3.47. The summed E-state index contributed by atoms with van der Waals surface area (Å²) in [6.07, 6.45) is 0. The largest absolute Gasteiger partial charge is 0.481 e. The van der Waals surface area contributed by atoms with Crippen LogP contribution in [0.15, 0.2) is 36.4 Å². The van der Waals surface area contributed by atoms with E-state index in [1.54, 1.807) is 30.3 Å². The number of nitro groups is 1. The van der Waals surface area contributed by atoms with Crippen molar-refractivity contribution in [1.29, 1.82) is 0 Å². The van der Waals surface area contributed by atoms with Crippen LogP contribution in [0.2, 0.25) is 0 Å². The molecule has 0 spiro atoms. The molecule has 2 aromatic rings. The number of alkyl halides is 1. The fourth-order valence-electron chi connectivity index (χ4n) is 1.71. The Labute approximate surface area is 130 Å². The van der Waals surface area contributed by atoms with Gasteiger partial charge in [0.2, 0.25) is 5.88 Å². The number of hydrogen-bond acceptors (Lipinski definition) is 5. The number of nitro benzene ring substituents is 1. The van der Waals surface area contributed by atoms with Crippen LogP contribution < -0.4 is 9.47 Å². The fraction of sp³-hybridized carbons (Fsp3) is 0.214. The van der Waals surface area contributed by atoms with Crippen molar-refractivity contribution in [1.82, 2.24) is 4.98 Å². The maximum Gasteiger partial charge on any atom is 0.310 e. The second-order valence-electron chi connectivity index (χ2n) is 4.15. The Kier molecular flexibility index (Phi) is 5.10. The first kappa shape index (κ1) is 15.2. The molecule has 2 rings (SSSR count). The van der Waals surface area contributed by atoms with Crippen LogP contribution in [-0.4, -0.2) is 17.0 Å². The van der Waals surface area contributed by atoms with E-state index in [-0.39, 0.29) is 18.0 Å². The minimum Gasteiger partial charge on any atom is -0.481 e. The van der Waals surface area contributed by atoms with Gasteiger partial charge in [-0.3, -0.25) is 10.1 Å². The molecule has 7 heteroatoms. The molecule has 0 atom stereocenters. The Balaban J connectivity index is 2.19. The summed E-state index contributed by atoms with van der Waals surface area (Å²) in [7, 11) is 1.53. The van der Waals surface area contributed by atoms with Gasteiger partial charge in [0.05, 0.1) is 17.7 Å². The zero-order chi connectivity index (χ0) is 15.2. The van der Waals surface area contributed by atoms with E-state index in [4.69, 9.17) is 9.47 Å². The van der Waals surface area contributed by atoms with Gasteiger partial charge in [0.25, 0.3) is 0 Å². The molecule has 0 radical (unpaired) electrons. The number of aromatic nitrogens is 1. The van der Waals surface area contributed by atoms with Crippen molar-refractivity contribution >= 4 is 21.6 Å². The molecule has 0 fully saturated rings. The van der Waals surface area contributed by atoms with Gasteiger partial charge in [-0.05, 0) is 17.7 Å². The van der Waals surface area contributed by atoms with Gasteiger partial charge in [0, 0.05) is 17.5 Å². The molecular formula is C14H13BrN2O4. The van der Waals surface area contributed by atoms with Gasteiger partial charge in [-0.25, -0.2) is 4.98 Å². The highest BCUT2D eigenvalue weighted by atomic mass is 79.9. The quantitative estimate of drug-likeness (QED) is 0.452. The van der Waals surface area contributed by atoms with Gasteiger partial charge in [0.1, 0.15) is 6.61 Å².